The molecule has 0 rings (SSSR count). The molecule has 0 saturated carbocycles. The van der Waals surface area contributed by atoms with E-state index in [0.717, 1.165) is 0 Å². The molecule has 0 amide bonds. The Hall–Kier alpha value is -0.397. The summed E-state index contributed by atoms with van der Waals surface area (Å²) in [7, 11) is 0. The summed E-state index contributed by atoms with van der Waals surface area (Å²) >= 11 is 0. The summed E-state index contributed by atoms with van der Waals surface area (Å²) in [4.78, 5) is 9.50. The molecule has 0 radical (unpaired) electrons. The molecule has 0 spiro atoms. The smallest absolute Gasteiger partial charge is 0.442 e. The van der Waals surface area contributed by atoms with Crippen molar-refractivity contribution in [1.82, 2.24) is 0 Å². The van der Waals surface area contributed by atoms with E-state index in [1.165, 1.54) is 0 Å². The first-order valence-corrected chi connectivity index (χ1v) is 2.50. The predicted molar refractivity (Wildman–Crippen MR) is 23.6 cm³/mol. The van der Waals surface area contributed by atoms with E-state index in [9.17, 15) is 35.5 Å². The van der Waals surface area contributed by atoms with E-state index in [4.69, 9.17) is 5.11 Å². The maximum atomic E-state index is 12.1. The summed E-state index contributed by atoms with van der Waals surface area (Å²) in [6.45, 7) is 0. The first kappa shape index (κ1) is 16.0. The van der Waals surface area contributed by atoms with Crippen molar-refractivity contribution in [2.24, 2.45) is 0 Å². The SMILES string of the molecule is O=C(O)C(F)(C(F)(F)F)C(F)(F)F.[Zn]. The van der Waals surface area contributed by atoms with Crippen molar-refractivity contribution in [3.8, 4) is 0 Å². The molecule has 0 aliphatic carbocycles. The molecule has 1 N–H and O–H groups in total. The van der Waals surface area contributed by atoms with Crippen molar-refractivity contribution < 1.29 is 60.1 Å². The molecular weight excluding hydrogens is 278 g/mol. The van der Waals surface area contributed by atoms with E-state index in [-0.39, 0.29) is 19.5 Å². The van der Waals surface area contributed by atoms with Gasteiger partial charge in [-0.25, -0.2) is 9.18 Å². The zero-order valence-corrected chi connectivity index (χ0v) is 9.18. The Morgan fingerprint density at radius 1 is 0.857 bits per heavy atom. The van der Waals surface area contributed by atoms with Crippen LogP contribution in [-0.2, 0) is 24.3 Å². The van der Waals surface area contributed by atoms with Crippen molar-refractivity contribution in [1.29, 1.82) is 0 Å². The molecule has 0 aromatic heterocycles. The van der Waals surface area contributed by atoms with Crippen LogP contribution in [-0.4, -0.2) is 29.1 Å². The summed E-state index contributed by atoms with van der Waals surface area (Å²) < 4.78 is 80.3. The fraction of sp³-hybridized carbons (Fsp3) is 0.750. The Balaban J connectivity index is 0. The van der Waals surface area contributed by atoms with Crippen LogP contribution in [0.15, 0.2) is 0 Å². The third-order valence-electron chi connectivity index (χ3n) is 1.08. The van der Waals surface area contributed by atoms with Gasteiger partial charge in [0.15, 0.2) is 0 Å². The topological polar surface area (TPSA) is 37.3 Å². The Morgan fingerprint density at radius 2 is 1.07 bits per heavy atom. The first-order valence-electron chi connectivity index (χ1n) is 2.50. The minimum atomic E-state index is -6.53. The molecule has 2 nitrogen and oxygen atoms in total. The van der Waals surface area contributed by atoms with E-state index in [0.29, 0.717) is 0 Å². The molecule has 0 atom stereocenters. The third kappa shape index (κ3) is 2.34. The number of rotatable bonds is 1. The molecule has 80 valence electrons. The minimum absolute atomic E-state index is 0. The van der Waals surface area contributed by atoms with Crippen LogP contribution in [0.4, 0.5) is 30.7 Å². The van der Waals surface area contributed by atoms with Gasteiger partial charge in [-0.15, -0.1) is 0 Å². The van der Waals surface area contributed by atoms with Crippen molar-refractivity contribution >= 4 is 5.97 Å². The van der Waals surface area contributed by atoms with Gasteiger partial charge in [-0.3, -0.25) is 0 Å². The van der Waals surface area contributed by atoms with Crippen LogP contribution in [0.2, 0.25) is 0 Å². The number of carbonyl (C=O) groups is 1. The predicted octanol–water partition coefficient (Wildman–Crippen LogP) is 1.90. The van der Waals surface area contributed by atoms with Gasteiger partial charge >= 0.3 is 24.0 Å². The molecular formula is C4HF7O2Zn. The minimum Gasteiger partial charge on any atom is -0.478 e. The van der Waals surface area contributed by atoms with Crippen molar-refractivity contribution in [3.63, 3.8) is 0 Å². The van der Waals surface area contributed by atoms with Crippen LogP contribution >= 0.6 is 0 Å². The van der Waals surface area contributed by atoms with Crippen LogP contribution in [0.3, 0.4) is 0 Å². The maximum absolute atomic E-state index is 12.1. The second kappa shape index (κ2) is 4.00. The van der Waals surface area contributed by atoms with Crippen LogP contribution in [0.1, 0.15) is 0 Å². The molecule has 0 aromatic rings. The van der Waals surface area contributed by atoms with Gasteiger partial charge in [0.25, 0.3) is 0 Å². The number of hydrogen-bond acceptors (Lipinski definition) is 1. The van der Waals surface area contributed by atoms with Crippen LogP contribution in [0.25, 0.3) is 0 Å². The van der Waals surface area contributed by atoms with E-state index < -0.39 is 24.0 Å². The number of halogens is 7. The zero-order chi connectivity index (χ0) is 11.1. The van der Waals surface area contributed by atoms with Gasteiger partial charge in [0.1, 0.15) is 0 Å². The fourth-order valence-corrected chi connectivity index (χ4v) is 0.403. The molecule has 0 unspecified atom stereocenters. The van der Waals surface area contributed by atoms with Gasteiger partial charge < -0.3 is 5.11 Å². The van der Waals surface area contributed by atoms with Crippen molar-refractivity contribution in [2.45, 2.75) is 18.0 Å². The van der Waals surface area contributed by atoms with Crippen molar-refractivity contribution in [2.75, 3.05) is 0 Å². The molecule has 0 heterocycles. The molecule has 0 aromatic carbocycles. The summed E-state index contributed by atoms with van der Waals surface area (Å²) in [5, 5.41) is 7.49. The van der Waals surface area contributed by atoms with E-state index >= 15 is 0 Å². The molecule has 0 aliphatic heterocycles. The Bertz CT molecular complexity index is 205. The average molecular weight is 279 g/mol. The zero-order valence-electron chi connectivity index (χ0n) is 6.21. The fourth-order valence-electron chi connectivity index (χ4n) is 0.403. The number of hydrogen-bond donors (Lipinski definition) is 1. The molecule has 0 aliphatic rings. The third-order valence-corrected chi connectivity index (χ3v) is 1.08. The van der Waals surface area contributed by atoms with Gasteiger partial charge in [0.2, 0.25) is 0 Å². The Labute approximate surface area is 84.8 Å². The molecule has 0 saturated heterocycles. The number of alkyl halides is 7. The summed E-state index contributed by atoms with van der Waals surface area (Å²) in [5.41, 5.74) is -6.21. The maximum Gasteiger partial charge on any atom is 0.442 e. The monoisotopic (exact) mass is 278 g/mol. The normalized spacial score (nSPS) is 13.4. The van der Waals surface area contributed by atoms with Crippen LogP contribution in [0, 0.1) is 0 Å². The second-order valence-corrected chi connectivity index (χ2v) is 1.96. The number of aliphatic carboxylic acids is 1. The van der Waals surface area contributed by atoms with Gasteiger partial charge in [-0.05, 0) is 0 Å². The Kier molecular flexibility index (Phi) is 4.58. The van der Waals surface area contributed by atoms with Gasteiger partial charge in [-0.1, -0.05) is 0 Å². The summed E-state index contributed by atoms with van der Waals surface area (Å²) in [6.07, 6.45) is -13.1. The second-order valence-electron chi connectivity index (χ2n) is 1.96. The first-order chi connectivity index (χ1) is 5.44. The summed E-state index contributed by atoms with van der Waals surface area (Å²) in [5.74, 6) is -3.63. The standard InChI is InChI=1S/C4HF7O2.Zn/c5-2(1(12)13,3(6,7)8)4(9,10)11;/h(H,12,13);. The van der Waals surface area contributed by atoms with Gasteiger partial charge in [0.05, 0.1) is 0 Å². The van der Waals surface area contributed by atoms with E-state index in [1.54, 1.807) is 0 Å². The largest absolute Gasteiger partial charge is 0.478 e. The average Bonchev–Trinajstić information content (AvgIpc) is 1.80. The Morgan fingerprint density at radius 3 is 1.07 bits per heavy atom. The van der Waals surface area contributed by atoms with Crippen molar-refractivity contribution in [3.05, 3.63) is 0 Å². The van der Waals surface area contributed by atoms with Gasteiger partial charge in [0, 0.05) is 19.5 Å². The van der Waals surface area contributed by atoms with Gasteiger partial charge in [-0.2, -0.15) is 26.3 Å². The molecule has 14 heavy (non-hydrogen) atoms. The molecule has 0 bridgehead atoms. The quantitative estimate of drug-likeness (QED) is 0.588. The van der Waals surface area contributed by atoms with Crippen LogP contribution in [0.5, 0.6) is 0 Å². The molecule has 0 fully saturated rings. The number of carboxylic acid groups (broad SMARTS) is 1. The van der Waals surface area contributed by atoms with Crippen LogP contribution < -0.4 is 0 Å². The number of carboxylic acids is 1. The van der Waals surface area contributed by atoms with E-state index in [2.05, 4.69) is 0 Å². The summed E-state index contributed by atoms with van der Waals surface area (Å²) in [6, 6.07) is 0. The molecule has 10 heteroatoms. The van der Waals surface area contributed by atoms with E-state index in [1.807, 2.05) is 0 Å².